The van der Waals surface area contributed by atoms with Crippen molar-refractivity contribution in [2.24, 2.45) is 5.16 Å². The number of hydrogen-bond donors (Lipinski definition) is 1. The number of oxime groups is 1. The summed E-state index contributed by atoms with van der Waals surface area (Å²) in [5.74, 6) is 0. The lowest BCUT2D eigenvalue weighted by molar-refractivity contribution is -0.122. The normalized spacial score (nSPS) is 14.8. The van der Waals surface area contributed by atoms with Crippen LogP contribution in [0.15, 0.2) is 65.8 Å². The predicted molar refractivity (Wildman–Crippen MR) is 76.6 cm³/mol. The first kappa shape index (κ1) is 13.8. The van der Waals surface area contributed by atoms with E-state index in [0.717, 1.165) is 17.5 Å². The highest BCUT2D eigenvalue weighted by atomic mass is 16.7. The van der Waals surface area contributed by atoms with Crippen molar-refractivity contribution in [3.63, 3.8) is 0 Å². The third-order valence-electron chi connectivity index (χ3n) is 3.14. The third kappa shape index (κ3) is 2.69. The second-order valence-corrected chi connectivity index (χ2v) is 4.25. The van der Waals surface area contributed by atoms with Gasteiger partial charge in [-0.1, -0.05) is 65.8 Å². The smallest absolute Gasteiger partial charge is 0.290 e. The molecule has 0 unspecified atom stereocenters. The number of benzene rings is 2. The van der Waals surface area contributed by atoms with Gasteiger partial charge in [0.1, 0.15) is 0 Å². The van der Waals surface area contributed by atoms with Gasteiger partial charge in [-0.05, 0) is 0 Å². The first-order chi connectivity index (χ1) is 9.83. The Morgan fingerprint density at radius 1 is 1.00 bits per heavy atom. The van der Waals surface area contributed by atoms with E-state index in [9.17, 15) is 0 Å². The molecule has 0 aliphatic carbocycles. The average molecular weight is 269 g/mol. The van der Waals surface area contributed by atoms with Crippen LogP contribution >= 0.6 is 0 Å². The van der Waals surface area contributed by atoms with Crippen molar-refractivity contribution in [3.8, 4) is 0 Å². The van der Waals surface area contributed by atoms with Crippen LogP contribution in [0.3, 0.4) is 0 Å². The molecule has 1 aliphatic heterocycles. The minimum Gasteiger partial charge on any atom is -0.483 e. The summed E-state index contributed by atoms with van der Waals surface area (Å²) in [5, 5.41) is 10.9. The Morgan fingerprint density at radius 2 is 1.45 bits per heavy atom. The molecule has 4 heteroatoms. The molecule has 1 heterocycles. The van der Waals surface area contributed by atoms with Gasteiger partial charge in [0.05, 0.1) is 0 Å². The van der Waals surface area contributed by atoms with Crippen molar-refractivity contribution in [1.82, 2.24) is 0 Å². The van der Waals surface area contributed by atoms with E-state index in [1.165, 1.54) is 0 Å². The molecule has 0 radical (unpaired) electrons. The Morgan fingerprint density at radius 3 is 1.80 bits per heavy atom. The molecule has 2 aromatic rings. The van der Waals surface area contributed by atoms with E-state index in [1.807, 2.05) is 42.6 Å². The third-order valence-corrected chi connectivity index (χ3v) is 3.14. The minimum atomic E-state index is -0.442. The highest BCUT2D eigenvalue weighted by Gasteiger charge is 2.39. The van der Waals surface area contributed by atoms with Crippen molar-refractivity contribution in [3.05, 3.63) is 71.8 Å². The van der Waals surface area contributed by atoms with Gasteiger partial charge in [0, 0.05) is 23.8 Å². The van der Waals surface area contributed by atoms with E-state index in [0.29, 0.717) is 0 Å². The molecule has 0 saturated heterocycles. The second-order valence-electron chi connectivity index (χ2n) is 4.25. The Labute approximate surface area is 117 Å². The molecule has 20 heavy (non-hydrogen) atoms. The van der Waals surface area contributed by atoms with Gasteiger partial charge in [0.15, 0.2) is 5.60 Å². The van der Waals surface area contributed by atoms with Gasteiger partial charge in [-0.2, -0.15) is 0 Å². The first-order valence-corrected chi connectivity index (χ1v) is 6.22. The van der Waals surface area contributed by atoms with E-state index < -0.39 is 5.60 Å². The fourth-order valence-corrected chi connectivity index (χ4v) is 2.25. The molecule has 0 atom stereocenters. The summed E-state index contributed by atoms with van der Waals surface area (Å²) < 4.78 is 0. The van der Waals surface area contributed by atoms with Gasteiger partial charge in [0.25, 0.3) is 6.47 Å². The summed E-state index contributed by atoms with van der Waals surface area (Å²) in [6, 6.07) is 20.5. The molecule has 4 nitrogen and oxygen atoms in total. The molecule has 2 aromatic carbocycles. The van der Waals surface area contributed by atoms with Crippen LogP contribution in [-0.2, 0) is 15.2 Å². The summed E-state index contributed by atoms with van der Waals surface area (Å²) in [4.78, 5) is 14.0. The molecule has 0 bridgehead atoms. The fourth-order valence-electron chi connectivity index (χ4n) is 2.25. The summed E-state index contributed by atoms with van der Waals surface area (Å²) in [5.41, 5.74) is 1.84. The zero-order valence-electron chi connectivity index (χ0n) is 10.8. The van der Waals surface area contributed by atoms with Gasteiger partial charge in [-0.15, -0.1) is 0 Å². The lowest BCUT2D eigenvalue weighted by Gasteiger charge is -2.27. The van der Waals surface area contributed by atoms with Crippen LogP contribution in [0, 0.1) is 0 Å². The molecule has 1 N–H and O–H groups in total. The van der Waals surface area contributed by atoms with E-state index in [-0.39, 0.29) is 6.47 Å². The van der Waals surface area contributed by atoms with Crippen molar-refractivity contribution in [2.75, 3.05) is 0 Å². The maximum atomic E-state index is 8.36. The molecular formula is C16H15NO3. The second kappa shape index (κ2) is 6.52. The molecule has 0 aromatic heterocycles. The summed E-state index contributed by atoms with van der Waals surface area (Å²) in [6.45, 7) is -0.250. The topological polar surface area (TPSA) is 58.9 Å². The molecule has 0 saturated carbocycles. The highest BCUT2D eigenvalue weighted by molar-refractivity contribution is 5.63. The highest BCUT2D eigenvalue weighted by Crippen LogP contribution is 2.39. The number of rotatable bonds is 2. The average Bonchev–Trinajstić information content (AvgIpc) is 3.01. The quantitative estimate of drug-likeness (QED) is 0.852. The van der Waals surface area contributed by atoms with Gasteiger partial charge in [-0.25, -0.2) is 0 Å². The van der Waals surface area contributed by atoms with E-state index >= 15 is 0 Å². The molecule has 0 spiro atoms. The molecule has 0 fully saturated rings. The van der Waals surface area contributed by atoms with Crippen molar-refractivity contribution in [2.45, 2.75) is 12.0 Å². The Bertz CT molecular complexity index is 517. The van der Waals surface area contributed by atoms with Crippen molar-refractivity contribution < 1.29 is 14.7 Å². The van der Waals surface area contributed by atoms with Gasteiger partial charge < -0.3 is 9.94 Å². The largest absolute Gasteiger partial charge is 0.483 e. The molecule has 1 aliphatic rings. The monoisotopic (exact) mass is 269 g/mol. The number of nitrogens with zero attached hydrogens (tertiary/aromatic N) is 1. The van der Waals surface area contributed by atoms with Crippen LogP contribution in [-0.4, -0.2) is 17.8 Å². The lowest BCUT2D eigenvalue weighted by Crippen LogP contribution is -2.26. The Hall–Kier alpha value is -2.62. The van der Waals surface area contributed by atoms with Gasteiger partial charge in [0.2, 0.25) is 0 Å². The van der Waals surface area contributed by atoms with E-state index in [4.69, 9.17) is 14.7 Å². The van der Waals surface area contributed by atoms with Gasteiger partial charge in [-0.3, -0.25) is 4.79 Å². The van der Waals surface area contributed by atoms with Crippen LogP contribution in [0.25, 0.3) is 0 Å². The van der Waals surface area contributed by atoms with Crippen LogP contribution in [0.5, 0.6) is 0 Å². The summed E-state index contributed by atoms with van der Waals surface area (Å²) in [7, 11) is 0. The van der Waals surface area contributed by atoms with E-state index in [1.54, 1.807) is 0 Å². The van der Waals surface area contributed by atoms with Crippen molar-refractivity contribution in [1.29, 1.82) is 0 Å². The fraction of sp³-hybridized carbons (Fsp3) is 0.125. The molecule has 3 rings (SSSR count). The first-order valence-electron chi connectivity index (χ1n) is 6.22. The van der Waals surface area contributed by atoms with Gasteiger partial charge >= 0.3 is 0 Å². The SMILES string of the molecule is C1=NOC(c2ccccc2)(c2ccccc2)C1.O=CO. The zero-order chi connectivity index (χ0) is 14.3. The molecule has 102 valence electrons. The molecular weight excluding hydrogens is 254 g/mol. The Kier molecular flexibility index (Phi) is 4.50. The number of carbonyl (C=O) groups is 1. The molecule has 0 amide bonds. The minimum absolute atomic E-state index is 0.250. The standard InChI is InChI=1S/C15H13NO.CH2O2/c1-3-7-13(8-4-1)15(11-12-16-17-15)14-9-5-2-6-10-14;2-1-3/h1-10,12H,11H2;1H,(H,2,3). The number of carboxylic acid groups (broad SMARTS) is 1. The maximum Gasteiger partial charge on any atom is 0.290 e. The van der Waals surface area contributed by atoms with Crippen LogP contribution < -0.4 is 0 Å². The Balaban J connectivity index is 0.000000452. The lowest BCUT2D eigenvalue weighted by atomic mass is 9.84. The maximum absolute atomic E-state index is 8.36. The predicted octanol–water partition coefficient (Wildman–Crippen LogP) is 3.04. The summed E-state index contributed by atoms with van der Waals surface area (Å²) >= 11 is 0. The van der Waals surface area contributed by atoms with E-state index in [2.05, 4.69) is 29.4 Å². The zero-order valence-corrected chi connectivity index (χ0v) is 10.8. The van der Waals surface area contributed by atoms with Crippen LogP contribution in [0.1, 0.15) is 17.5 Å². The van der Waals surface area contributed by atoms with Crippen LogP contribution in [0.4, 0.5) is 0 Å². The van der Waals surface area contributed by atoms with Crippen molar-refractivity contribution >= 4 is 12.7 Å². The number of hydrogen-bond acceptors (Lipinski definition) is 3. The van der Waals surface area contributed by atoms with Crippen LogP contribution in [0.2, 0.25) is 0 Å². The summed E-state index contributed by atoms with van der Waals surface area (Å²) in [6.07, 6.45) is 2.61.